The van der Waals surface area contributed by atoms with Crippen LogP contribution in [0.1, 0.15) is 31.7 Å². The first-order valence-corrected chi connectivity index (χ1v) is 6.25. The molecular weight excluding hydrogens is 250 g/mol. The second-order valence-electron chi connectivity index (χ2n) is 4.85. The molecule has 0 spiro atoms. The lowest BCUT2D eigenvalue weighted by molar-refractivity contribution is -0.142. The molecule has 0 N–H and O–H groups in total. The molecule has 0 saturated carbocycles. The lowest BCUT2D eigenvalue weighted by atomic mass is 9.90. The fourth-order valence-corrected chi connectivity index (χ4v) is 2.08. The Morgan fingerprint density at radius 1 is 1.32 bits per heavy atom. The third-order valence-electron chi connectivity index (χ3n) is 3.28. The maximum atomic E-state index is 13.3. The summed E-state index contributed by atoms with van der Waals surface area (Å²) in [5, 5.41) is 0. The van der Waals surface area contributed by atoms with Crippen LogP contribution >= 0.6 is 0 Å². The Morgan fingerprint density at radius 2 is 2.00 bits per heavy atom. The summed E-state index contributed by atoms with van der Waals surface area (Å²) in [5.74, 6) is -3.42. The first-order chi connectivity index (χ1) is 8.98. The molecule has 1 aromatic carbocycles. The van der Waals surface area contributed by atoms with Crippen LogP contribution in [0.4, 0.5) is 8.78 Å². The predicted molar refractivity (Wildman–Crippen MR) is 67.7 cm³/mol. The van der Waals surface area contributed by atoms with Gasteiger partial charge in [-0.05, 0) is 18.9 Å². The van der Waals surface area contributed by atoms with E-state index in [9.17, 15) is 13.6 Å². The molecule has 0 unspecified atom stereocenters. The Bertz CT molecular complexity index is 492. The van der Waals surface area contributed by atoms with Crippen LogP contribution in [0.2, 0.25) is 0 Å². The van der Waals surface area contributed by atoms with Crippen molar-refractivity contribution < 1.29 is 18.3 Å². The highest BCUT2D eigenvalue weighted by molar-refractivity contribution is 5.89. The summed E-state index contributed by atoms with van der Waals surface area (Å²) in [6.07, 6.45) is -0.441. The predicted octanol–water partition coefficient (Wildman–Crippen LogP) is 3.87. The van der Waals surface area contributed by atoms with E-state index in [0.717, 1.165) is 5.56 Å². The van der Waals surface area contributed by atoms with Gasteiger partial charge in [-0.2, -0.15) is 0 Å². The molecule has 0 amide bonds. The molecule has 0 aliphatic heterocycles. The average molecular weight is 266 g/mol. The van der Waals surface area contributed by atoms with E-state index in [1.165, 1.54) is 0 Å². The van der Waals surface area contributed by atoms with Crippen molar-refractivity contribution in [1.29, 1.82) is 0 Å². The summed E-state index contributed by atoms with van der Waals surface area (Å²) < 4.78 is 31.7. The molecule has 0 bridgehead atoms. The molecule has 2 nitrogen and oxygen atoms in total. The van der Waals surface area contributed by atoms with E-state index in [1.807, 2.05) is 30.3 Å². The number of benzene rings is 1. The van der Waals surface area contributed by atoms with E-state index in [4.69, 9.17) is 4.74 Å². The van der Waals surface area contributed by atoms with Crippen molar-refractivity contribution in [2.45, 2.75) is 38.7 Å². The van der Waals surface area contributed by atoms with Gasteiger partial charge in [0.2, 0.25) is 0 Å². The minimum Gasteiger partial charge on any atom is -0.457 e. The van der Waals surface area contributed by atoms with Gasteiger partial charge in [0.05, 0.1) is 0 Å². The van der Waals surface area contributed by atoms with Crippen LogP contribution in [0.25, 0.3) is 0 Å². The molecule has 0 radical (unpaired) electrons. The van der Waals surface area contributed by atoms with Gasteiger partial charge in [0, 0.05) is 18.4 Å². The molecule has 0 atom stereocenters. The van der Waals surface area contributed by atoms with Crippen LogP contribution < -0.4 is 0 Å². The van der Waals surface area contributed by atoms with Crippen molar-refractivity contribution in [2.75, 3.05) is 0 Å². The van der Waals surface area contributed by atoms with Crippen molar-refractivity contribution >= 4 is 5.97 Å². The van der Waals surface area contributed by atoms with Gasteiger partial charge < -0.3 is 4.74 Å². The van der Waals surface area contributed by atoms with Crippen LogP contribution in [0, 0.1) is 0 Å². The molecule has 102 valence electrons. The molecular formula is C15H16F2O2. The zero-order valence-electron chi connectivity index (χ0n) is 10.8. The van der Waals surface area contributed by atoms with Crippen molar-refractivity contribution in [3.8, 4) is 0 Å². The number of esters is 1. The summed E-state index contributed by atoms with van der Waals surface area (Å²) >= 11 is 0. The van der Waals surface area contributed by atoms with Gasteiger partial charge in [0.25, 0.3) is 5.92 Å². The first-order valence-electron chi connectivity index (χ1n) is 6.25. The maximum absolute atomic E-state index is 13.3. The van der Waals surface area contributed by atoms with E-state index in [1.54, 1.807) is 6.92 Å². The average Bonchev–Trinajstić information content (AvgIpc) is 2.40. The number of rotatable bonds is 3. The standard InChI is InChI=1S/C15H16F2O2/c1-11-7-8-15(16,17)9-13(11)14(18)19-10-12-5-3-2-4-6-12/h2-6H,7-10H2,1H3. The third kappa shape index (κ3) is 3.63. The Hall–Kier alpha value is -1.71. The minimum atomic E-state index is -2.79. The highest BCUT2D eigenvalue weighted by Gasteiger charge is 2.37. The molecule has 19 heavy (non-hydrogen) atoms. The van der Waals surface area contributed by atoms with Gasteiger partial charge in [-0.3, -0.25) is 0 Å². The maximum Gasteiger partial charge on any atom is 0.334 e. The molecule has 4 heteroatoms. The summed E-state index contributed by atoms with van der Waals surface area (Å²) in [6.45, 7) is 1.83. The number of hydrogen-bond donors (Lipinski definition) is 0. The van der Waals surface area contributed by atoms with Gasteiger partial charge in [-0.25, -0.2) is 13.6 Å². The lowest BCUT2D eigenvalue weighted by Gasteiger charge is -2.24. The molecule has 1 aromatic rings. The van der Waals surface area contributed by atoms with Gasteiger partial charge in [0.15, 0.2) is 0 Å². The number of carbonyl (C=O) groups excluding carboxylic acids is 1. The number of alkyl halides is 2. The van der Waals surface area contributed by atoms with E-state index >= 15 is 0 Å². The number of ether oxygens (including phenoxy) is 1. The number of allylic oxidation sites excluding steroid dienone is 1. The zero-order chi connectivity index (χ0) is 13.9. The SMILES string of the molecule is CC1=C(C(=O)OCc2ccccc2)CC(F)(F)CC1. The fraction of sp³-hybridized carbons (Fsp3) is 0.400. The minimum absolute atomic E-state index is 0.113. The second-order valence-corrected chi connectivity index (χ2v) is 4.85. The first kappa shape index (κ1) is 13.7. The largest absolute Gasteiger partial charge is 0.457 e. The molecule has 1 aliphatic carbocycles. The topological polar surface area (TPSA) is 26.3 Å². The molecule has 1 aliphatic rings. The summed E-state index contributed by atoms with van der Waals surface area (Å²) in [7, 11) is 0. The number of halogens is 2. The normalized spacial score (nSPS) is 18.3. The molecule has 0 aromatic heterocycles. The smallest absolute Gasteiger partial charge is 0.334 e. The Labute approximate surface area is 111 Å². The van der Waals surface area contributed by atoms with Crippen LogP contribution in [0.15, 0.2) is 41.5 Å². The second kappa shape index (κ2) is 5.51. The lowest BCUT2D eigenvalue weighted by Crippen LogP contribution is -2.25. The Kier molecular flexibility index (Phi) is 3.98. The molecule has 0 fully saturated rings. The molecule has 2 rings (SSSR count). The highest BCUT2D eigenvalue weighted by atomic mass is 19.3. The quantitative estimate of drug-likeness (QED) is 0.776. The fourth-order valence-electron chi connectivity index (χ4n) is 2.08. The van der Waals surface area contributed by atoms with Gasteiger partial charge in [-0.15, -0.1) is 0 Å². The van der Waals surface area contributed by atoms with E-state index in [0.29, 0.717) is 5.57 Å². The Balaban J connectivity index is 2.00. The van der Waals surface area contributed by atoms with Crippen molar-refractivity contribution in [3.05, 3.63) is 47.0 Å². The van der Waals surface area contributed by atoms with Crippen LogP contribution in [0.5, 0.6) is 0 Å². The third-order valence-corrected chi connectivity index (χ3v) is 3.28. The van der Waals surface area contributed by atoms with E-state index in [-0.39, 0.29) is 25.0 Å². The van der Waals surface area contributed by atoms with Gasteiger partial charge >= 0.3 is 5.97 Å². The van der Waals surface area contributed by atoms with Crippen LogP contribution in [-0.2, 0) is 16.1 Å². The van der Waals surface area contributed by atoms with E-state index in [2.05, 4.69) is 0 Å². The molecule has 0 heterocycles. The van der Waals surface area contributed by atoms with Crippen LogP contribution in [-0.4, -0.2) is 11.9 Å². The van der Waals surface area contributed by atoms with Crippen molar-refractivity contribution in [3.63, 3.8) is 0 Å². The molecule has 0 saturated heterocycles. The van der Waals surface area contributed by atoms with Crippen LogP contribution in [0.3, 0.4) is 0 Å². The van der Waals surface area contributed by atoms with Crippen molar-refractivity contribution in [1.82, 2.24) is 0 Å². The summed E-state index contributed by atoms with van der Waals surface area (Å²) in [5.41, 5.74) is 1.69. The number of carbonyl (C=O) groups is 1. The zero-order valence-corrected chi connectivity index (χ0v) is 10.8. The summed E-state index contributed by atoms with van der Waals surface area (Å²) in [6, 6.07) is 9.18. The number of hydrogen-bond acceptors (Lipinski definition) is 2. The Morgan fingerprint density at radius 3 is 2.68 bits per heavy atom. The highest BCUT2D eigenvalue weighted by Crippen LogP contribution is 2.37. The van der Waals surface area contributed by atoms with Gasteiger partial charge in [0.1, 0.15) is 6.61 Å². The van der Waals surface area contributed by atoms with Crippen molar-refractivity contribution in [2.24, 2.45) is 0 Å². The van der Waals surface area contributed by atoms with Gasteiger partial charge in [-0.1, -0.05) is 35.9 Å². The van der Waals surface area contributed by atoms with E-state index < -0.39 is 18.3 Å². The summed E-state index contributed by atoms with van der Waals surface area (Å²) in [4.78, 5) is 11.9. The monoisotopic (exact) mass is 266 g/mol.